The summed E-state index contributed by atoms with van der Waals surface area (Å²) in [4.78, 5) is 14.6. The van der Waals surface area contributed by atoms with Crippen LogP contribution in [0.5, 0.6) is 0 Å². The number of para-hydroxylation sites is 1. The van der Waals surface area contributed by atoms with Crippen LogP contribution in [0.15, 0.2) is 69.1 Å². The van der Waals surface area contributed by atoms with Crippen molar-refractivity contribution in [2.45, 2.75) is 35.8 Å². The molecule has 1 aliphatic heterocycles. The second-order valence-electron chi connectivity index (χ2n) is 7.94. The van der Waals surface area contributed by atoms with E-state index in [1.807, 2.05) is 30.3 Å². The molecule has 0 bridgehead atoms. The molecule has 0 spiro atoms. The van der Waals surface area contributed by atoms with Gasteiger partial charge in [-0.2, -0.15) is 9.57 Å². The minimum Gasteiger partial charge on any atom is -0.411 e. The van der Waals surface area contributed by atoms with Crippen LogP contribution in [0.1, 0.15) is 25.7 Å². The SMILES string of the molecule is N#CCCN(C(=O)CSc1nnc(-c2cccc(S(=O)(=O)N3CCCCC3)c2)o1)c1ccccc1. The van der Waals surface area contributed by atoms with Gasteiger partial charge in [0.05, 0.1) is 23.1 Å². The van der Waals surface area contributed by atoms with Gasteiger partial charge in [-0.15, -0.1) is 10.2 Å². The highest BCUT2D eigenvalue weighted by molar-refractivity contribution is 7.99. The fourth-order valence-corrected chi connectivity index (χ4v) is 6.00. The molecule has 9 nitrogen and oxygen atoms in total. The van der Waals surface area contributed by atoms with Crippen LogP contribution in [0.3, 0.4) is 0 Å². The highest BCUT2D eigenvalue weighted by Gasteiger charge is 2.26. The summed E-state index contributed by atoms with van der Waals surface area (Å²) in [5.41, 5.74) is 1.21. The number of aromatic nitrogens is 2. The Morgan fingerprint density at radius 1 is 1.09 bits per heavy atom. The molecule has 35 heavy (non-hydrogen) atoms. The average molecular weight is 512 g/mol. The van der Waals surface area contributed by atoms with Crippen LogP contribution in [0.25, 0.3) is 11.5 Å². The number of nitrogens with zero attached hydrogens (tertiary/aromatic N) is 5. The standard InChI is InChI=1S/C24H25N5O4S2/c25-13-8-16-29(20-10-3-1-4-11-20)22(30)18-34-24-27-26-23(33-24)19-9-7-12-21(17-19)35(31,32)28-14-5-2-6-15-28/h1,3-4,7,9-12,17H,2,5-6,8,14-16,18H2. The normalized spacial score (nSPS) is 14.4. The van der Waals surface area contributed by atoms with E-state index in [1.54, 1.807) is 23.1 Å². The van der Waals surface area contributed by atoms with Gasteiger partial charge in [0.1, 0.15) is 0 Å². The molecule has 1 amide bonds. The summed E-state index contributed by atoms with van der Waals surface area (Å²) in [6, 6.07) is 17.7. The molecule has 0 radical (unpaired) electrons. The smallest absolute Gasteiger partial charge is 0.277 e. The van der Waals surface area contributed by atoms with E-state index < -0.39 is 10.0 Å². The molecular formula is C24H25N5O4S2. The number of hydrogen-bond donors (Lipinski definition) is 0. The van der Waals surface area contributed by atoms with Gasteiger partial charge in [0.2, 0.25) is 21.8 Å². The van der Waals surface area contributed by atoms with Gasteiger partial charge in [0.15, 0.2) is 0 Å². The Labute approximate surface area is 208 Å². The molecule has 1 fully saturated rings. The Bertz CT molecular complexity index is 1300. The molecule has 1 aliphatic rings. The Hall–Kier alpha value is -3.20. The lowest BCUT2D eigenvalue weighted by molar-refractivity contribution is -0.116. The second-order valence-corrected chi connectivity index (χ2v) is 10.8. The van der Waals surface area contributed by atoms with E-state index in [9.17, 15) is 13.2 Å². The molecule has 0 aliphatic carbocycles. The molecule has 0 saturated carbocycles. The molecule has 0 N–H and O–H groups in total. The van der Waals surface area contributed by atoms with Gasteiger partial charge in [-0.05, 0) is 43.2 Å². The van der Waals surface area contributed by atoms with Crippen molar-refractivity contribution in [2.24, 2.45) is 0 Å². The summed E-state index contributed by atoms with van der Waals surface area (Å²) in [5.74, 6) is 0.0385. The molecule has 0 atom stereocenters. The van der Waals surface area contributed by atoms with Crippen molar-refractivity contribution in [3.8, 4) is 17.5 Å². The average Bonchev–Trinajstić information content (AvgIpc) is 3.38. The summed E-state index contributed by atoms with van der Waals surface area (Å²) >= 11 is 1.09. The van der Waals surface area contributed by atoms with Gasteiger partial charge in [-0.1, -0.05) is 42.4 Å². The number of anilines is 1. The zero-order valence-electron chi connectivity index (χ0n) is 19.0. The van der Waals surface area contributed by atoms with Gasteiger partial charge < -0.3 is 9.32 Å². The molecule has 4 rings (SSSR count). The van der Waals surface area contributed by atoms with Gasteiger partial charge in [-0.3, -0.25) is 4.79 Å². The Morgan fingerprint density at radius 3 is 2.60 bits per heavy atom. The van der Waals surface area contributed by atoms with Crippen LogP contribution in [0.4, 0.5) is 5.69 Å². The fourth-order valence-electron chi connectivity index (χ4n) is 3.80. The Kier molecular flexibility index (Phi) is 8.17. The van der Waals surface area contributed by atoms with Gasteiger partial charge in [-0.25, -0.2) is 8.42 Å². The predicted octanol–water partition coefficient (Wildman–Crippen LogP) is 3.95. The van der Waals surface area contributed by atoms with Crippen LogP contribution in [-0.2, 0) is 14.8 Å². The highest BCUT2D eigenvalue weighted by Crippen LogP contribution is 2.28. The lowest BCUT2D eigenvalue weighted by Crippen LogP contribution is -2.35. The van der Waals surface area contributed by atoms with Gasteiger partial charge in [0.25, 0.3) is 5.22 Å². The van der Waals surface area contributed by atoms with Crippen molar-refractivity contribution in [1.82, 2.24) is 14.5 Å². The third kappa shape index (κ3) is 6.08. The first kappa shape index (κ1) is 24.9. The third-order valence-electron chi connectivity index (χ3n) is 5.58. The van der Waals surface area contributed by atoms with Crippen molar-refractivity contribution < 1.29 is 17.6 Å². The summed E-state index contributed by atoms with van der Waals surface area (Å²) in [6.45, 7) is 1.33. The minimum absolute atomic E-state index is 0.0470. The predicted molar refractivity (Wildman–Crippen MR) is 132 cm³/mol. The van der Waals surface area contributed by atoms with E-state index in [4.69, 9.17) is 9.68 Å². The molecule has 1 aromatic heterocycles. The number of nitriles is 1. The number of hydrogen-bond acceptors (Lipinski definition) is 8. The van der Waals surface area contributed by atoms with Gasteiger partial charge >= 0.3 is 0 Å². The van der Waals surface area contributed by atoms with E-state index in [0.717, 1.165) is 31.0 Å². The number of piperidine rings is 1. The number of rotatable bonds is 9. The van der Waals surface area contributed by atoms with Crippen molar-refractivity contribution in [1.29, 1.82) is 5.26 Å². The first-order valence-electron chi connectivity index (χ1n) is 11.3. The monoisotopic (exact) mass is 511 g/mol. The zero-order valence-corrected chi connectivity index (χ0v) is 20.7. The number of carbonyl (C=O) groups is 1. The number of thioether (sulfide) groups is 1. The van der Waals surface area contributed by atoms with Crippen LogP contribution in [0, 0.1) is 11.3 Å². The van der Waals surface area contributed by atoms with Crippen LogP contribution in [0.2, 0.25) is 0 Å². The van der Waals surface area contributed by atoms with Crippen molar-refractivity contribution in [2.75, 3.05) is 30.3 Å². The topological polar surface area (TPSA) is 120 Å². The van der Waals surface area contributed by atoms with Crippen LogP contribution < -0.4 is 4.90 Å². The molecular weight excluding hydrogens is 486 g/mol. The number of benzene rings is 2. The second kappa shape index (κ2) is 11.5. The van der Waals surface area contributed by atoms with E-state index in [1.165, 1.54) is 10.4 Å². The maximum atomic E-state index is 13.0. The highest BCUT2D eigenvalue weighted by atomic mass is 32.2. The minimum atomic E-state index is -3.59. The van der Waals surface area contributed by atoms with Crippen LogP contribution in [-0.4, -0.2) is 54.2 Å². The fraction of sp³-hybridized carbons (Fsp3) is 0.333. The molecule has 3 aromatic rings. The zero-order chi connectivity index (χ0) is 24.7. The Balaban J connectivity index is 1.44. The first-order valence-corrected chi connectivity index (χ1v) is 13.7. The maximum Gasteiger partial charge on any atom is 0.277 e. The molecule has 11 heteroatoms. The molecule has 2 aromatic carbocycles. The van der Waals surface area contributed by atoms with Crippen molar-refractivity contribution in [3.63, 3.8) is 0 Å². The van der Waals surface area contributed by atoms with Gasteiger partial charge in [0, 0.05) is 30.9 Å². The summed E-state index contributed by atoms with van der Waals surface area (Å²) < 4.78 is 33.2. The Morgan fingerprint density at radius 2 is 1.86 bits per heavy atom. The number of sulfonamides is 1. The quantitative estimate of drug-likeness (QED) is 0.396. The van der Waals surface area contributed by atoms with E-state index in [0.29, 0.717) is 24.3 Å². The largest absolute Gasteiger partial charge is 0.411 e. The molecule has 1 saturated heterocycles. The van der Waals surface area contributed by atoms with Crippen molar-refractivity contribution in [3.05, 3.63) is 54.6 Å². The van der Waals surface area contributed by atoms with Crippen LogP contribution >= 0.6 is 11.8 Å². The first-order chi connectivity index (χ1) is 17.0. The van der Waals surface area contributed by atoms with E-state index in [-0.39, 0.29) is 40.6 Å². The lowest BCUT2D eigenvalue weighted by atomic mass is 10.2. The number of carbonyl (C=O) groups excluding carboxylic acids is 1. The van der Waals surface area contributed by atoms with E-state index >= 15 is 0 Å². The van der Waals surface area contributed by atoms with E-state index in [2.05, 4.69) is 16.3 Å². The number of amides is 1. The van der Waals surface area contributed by atoms with Crippen molar-refractivity contribution >= 4 is 33.4 Å². The summed E-state index contributed by atoms with van der Waals surface area (Å²) in [5, 5.41) is 17.2. The maximum absolute atomic E-state index is 13.0. The molecule has 182 valence electrons. The summed E-state index contributed by atoms with van der Waals surface area (Å²) in [7, 11) is -3.59. The third-order valence-corrected chi connectivity index (χ3v) is 8.27. The molecule has 0 unspecified atom stereocenters. The summed E-state index contributed by atoms with van der Waals surface area (Å²) in [6.07, 6.45) is 2.98. The molecule has 2 heterocycles. The lowest BCUT2D eigenvalue weighted by Gasteiger charge is -2.25.